The van der Waals surface area contributed by atoms with Crippen molar-refractivity contribution in [3.63, 3.8) is 0 Å². The number of aromatic nitrogens is 1. The summed E-state index contributed by atoms with van der Waals surface area (Å²) in [7, 11) is 1.52. The Morgan fingerprint density at radius 1 is 1.29 bits per heavy atom. The average molecular weight is 437 g/mol. The van der Waals surface area contributed by atoms with E-state index in [0.29, 0.717) is 17.9 Å². The summed E-state index contributed by atoms with van der Waals surface area (Å²) < 4.78 is 10.5. The SMILES string of the molecule is COc1cnccc1C(=O)NC1CCC(C(=O)NCCN2CCOCC2)CC1.O=CO. The second-order valence-corrected chi connectivity index (χ2v) is 7.45. The summed E-state index contributed by atoms with van der Waals surface area (Å²) in [5, 5.41) is 13.0. The Balaban J connectivity index is 0.00000107. The summed E-state index contributed by atoms with van der Waals surface area (Å²) in [5.74, 6) is 0.480. The van der Waals surface area contributed by atoms with Crippen LogP contribution in [0.1, 0.15) is 36.0 Å². The van der Waals surface area contributed by atoms with Crippen LogP contribution >= 0.6 is 0 Å². The molecule has 1 aliphatic carbocycles. The highest BCUT2D eigenvalue weighted by Crippen LogP contribution is 2.25. The first-order valence-corrected chi connectivity index (χ1v) is 10.5. The quantitative estimate of drug-likeness (QED) is 0.528. The van der Waals surface area contributed by atoms with Crippen molar-refractivity contribution in [2.45, 2.75) is 31.7 Å². The lowest BCUT2D eigenvalue weighted by Crippen LogP contribution is -2.44. The molecular formula is C21H32N4O6. The van der Waals surface area contributed by atoms with Gasteiger partial charge in [0.2, 0.25) is 5.91 Å². The minimum Gasteiger partial charge on any atom is -0.494 e. The van der Waals surface area contributed by atoms with Crippen molar-refractivity contribution < 1.29 is 29.0 Å². The predicted octanol–water partition coefficient (Wildman–Crippen LogP) is 0.528. The third kappa shape index (κ3) is 8.14. The van der Waals surface area contributed by atoms with E-state index in [9.17, 15) is 9.59 Å². The predicted molar refractivity (Wildman–Crippen MR) is 113 cm³/mol. The number of amides is 2. The molecule has 0 aromatic carbocycles. The zero-order valence-electron chi connectivity index (χ0n) is 17.9. The first-order chi connectivity index (χ1) is 15.1. The Bertz CT molecular complexity index is 703. The molecule has 1 saturated heterocycles. The molecule has 1 aromatic heterocycles. The molecule has 2 amide bonds. The van der Waals surface area contributed by atoms with Crippen LogP contribution in [0.5, 0.6) is 5.75 Å². The fourth-order valence-corrected chi connectivity index (χ4v) is 3.80. The standard InChI is InChI=1S/C20H30N4O4.CH2O2/c1-27-18-14-21-7-6-17(18)20(26)23-16-4-2-15(3-5-16)19(25)22-8-9-24-10-12-28-13-11-24;2-1-3/h6-7,14-16H,2-5,8-13H2,1H3,(H,22,25)(H,23,26);1H,(H,2,3). The Labute approximate surface area is 182 Å². The Morgan fingerprint density at radius 2 is 1.97 bits per heavy atom. The van der Waals surface area contributed by atoms with Crippen LogP contribution < -0.4 is 15.4 Å². The fraction of sp³-hybridized carbons (Fsp3) is 0.619. The van der Waals surface area contributed by atoms with E-state index >= 15 is 0 Å². The van der Waals surface area contributed by atoms with Crippen LogP contribution in [-0.4, -0.2) is 85.8 Å². The summed E-state index contributed by atoms with van der Waals surface area (Å²) >= 11 is 0. The lowest BCUT2D eigenvalue weighted by molar-refractivity contribution is -0.126. The smallest absolute Gasteiger partial charge is 0.290 e. The molecule has 2 heterocycles. The van der Waals surface area contributed by atoms with Crippen LogP contribution in [0.4, 0.5) is 0 Å². The van der Waals surface area contributed by atoms with Gasteiger partial charge >= 0.3 is 0 Å². The molecule has 10 nitrogen and oxygen atoms in total. The first kappa shape index (κ1) is 24.5. The van der Waals surface area contributed by atoms with E-state index in [2.05, 4.69) is 20.5 Å². The van der Waals surface area contributed by atoms with E-state index in [-0.39, 0.29) is 30.2 Å². The van der Waals surface area contributed by atoms with Crippen LogP contribution in [-0.2, 0) is 14.3 Å². The van der Waals surface area contributed by atoms with Crippen LogP contribution in [0.25, 0.3) is 0 Å². The Morgan fingerprint density at radius 3 is 2.61 bits per heavy atom. The summed E-state index contributed by atoms with van der Waals surface area (Å²) in [6.07, 6.45) is 6.31. The third-order valence-electron chi connectivity index (χ3n) is 5.51. The topological polar surface area (TPSA) is 130 Å². The van der Waals surface area contributed by atoms with Crippen molar-refractivity contribution in [1.82, 2.24) is 20.5 Å². The third-order valence-corrected chi connectivity index (χ3v) is 5.51. The minimum absolute atomic E-state index is 0.0355. The maximum absolute atomic E-state index is 12.5. The number of hydrogen-bond donors (Lipinski definition) is 3. The highest BCUT2D eigenvalue weighted by molar-refractivity contribution is 5.96. The number of methoxy groups -OCH3 is 1. The Hall–Kier alpha value is -2.72. The number of nitrogens with zero attached hydrogens (tertiary/aromatic N) is 2. The van der Waals surface area contributed by atoms with Gasteiger partial charge in [-0.3, -0.25) is 24.3 Å². The Kier molecular flexibility index (Phi) is 10.7. The highest BCUT2D eigenvalue weighted by Gasteiger charge is 2.27. The van der Waals surface area contributed by atoms with Gasteiger partial charge in [-0.2, -0.15) is 0 Å². The number of hydrogen-bond acceptors (Lipinski definition) is 7. The van der Waals surface area contributed by atoms with E-state index in [1.165, 1.54) is 13.3 Å². The number of nitrogens with one attached hydrogen (secondary N) is 2. The van der Waals surface area contributed by atoms with Gasteiger partial charge in [0.15, 0.2) is 0 Å². The summed E-state index contributed by atoms with van der Waals surface area (Å²) in [4.78, 5) is 39.5. The summed E-state index contributed by atoms with van der Waals surface area (Å²) in [6.45, 7) is 4.71. The molecule has 1 aromatic rings. The molecule has 3 N–H and O–H groups in total. The number of carboxylic acid groups (broad SMARTS) is 1. The monoisotopic (exact) mass is 436 g/mol. The average Bonchev–Trinajstić information content (AvgIpc) is 2.80. The van der Waals surface area contributed by atoms with Crippen molar-refractivity contribution in [2.24, 2.45) is 5.92 Å². The van der Waals surface area contributed by atoms with E-state index in [4.69, 9.17) is 19.4 Å². The molecule has 172 valence electrons. The zero-order chi connectivity index (χ0) is 22.5. The lowest BCUT2D eigenvalue weighted by Gasteiger charge is -2.29. The number of ether oxygens (including phenoxy) is 2. The van der Waals surface area contributed by atoms with Gasteiger partial charge in [-0.15, -0.1) is 0 Å². The number of pyridine rings is 1. The molecule has 0 atom stereocenters. The lowest BCUT2D eigenvalue weighted by atomic mass is 9.85. The number of carbonyl (C=O) groups is 3. The molecule has 2 fully saturated rings. The molecule has 0 bridgehead atoms. The van der Waals surface area contributed by atoms with Gasteiger partial charge in [0, 0.05) is 44.3 Å². The molecule has 0 spiro atoms. The molecule has 10 heteroatoms. The summed E-state index contributed by atoms with van der Waals surface area (Å²) in [6, 6.07) is 1.74. The maximum Gasteiger partial charge on any atom is 0.290 e. The molecule has 1 saturated carbocycles. The van der Waals surface area contributed by atoms with Crippen LogP contribution in [0.3, 0.4) is 0 Å². The minimum atomic E-state index is -0.250. The van der Waals surface area contributed by atoms with Gasteiger partial charge in [-0.05, 0) is 31.7 Å². The number of carbonyl (C=O) groups excluding carboxylic acids is 2. The van der Waals surface area contributed by atoms with Gasteiger partial charge in [0.05, 0.1) is 32.1 Å². The normalized spacial score (nSPS) is 21.2. The van der Waals surface area contributed by atoms with Crippen molar-refractivity contribution in [2.75, 3.05) is 46.5 Å². The van der Waals surface area contributed by atoms with E-state index < -0.39 is 0 Å². The van der Waals surface area contributed by atoms with E-state index in [0.717, 1.165) is 58.5 Å². The number of morpholine rings is 1. The van der Waals surface area contributed by atoms with Crippen molar-refractivity contribution >= 4 is 18.3 Å². The van der Waals surface area contributed by atoms with Gasteiger partial charge in [0.1, 0.15) is 5.75 Å². The van der Waals surface area contributed by atoms with E-state index in [1.807, 2.05) is 0 Å². The fourth-order valence-electron chi connectivity index (χ4n) is 3.80. The molecule has 0 unspecified atom stereocenters. The van der Waals surface area contributed by atoms with Crippen molar-refractivity contribution in [3.8, 4) is 5.75 Å². The highest BCUT2D eigenvalue weighted by atomic mass is 16.5. The molecule has 0 radical (unpaired) electrons. The van der Waals surface area contributed by atoms with Crippen LogP contribution in [0, 0.1) is 5.92 Å². The van der Waals surface area contributed by atoms with E-state index in [1.54, 1.807) is 12.3 Å². The molecule has 31 heavy (non-hydrogen) atoms. The van der Waals surface area contributed by atoms with Gasteiger partial charge in [0.25, 0.3) is 12.4 Å². The van der Waals surface area contributed by atoms with Crippen molar-refractivity contribution in [3.05, 3.63) is 24.0 Å². The largest absolute Gasteiger partial charge is 0.494 e. The first-order valence-electron chi connectivity index (χ1n) is 10.5. The van der Waals surface area contributed by atoms with Gasteiger partial charge < -0.3 is 25.2 Å². The number of rotatable bonds is 7. The molecule has 3 rings (SSSR count). The van der Waals surface area contributed by atoms with Gasteiger partial charge in [-0.25, -0.2) is 0 Å². The van der Waals surface area contributed by atoms with Crippen molar-refractivity contribution in [1.29, 1.82) is 0 Å². The van der Waals surface area contributed by atoms with Crippen LogP contribution in [0.15, 0.2) is 18.5 Å². The molecular weight excluding hydrogens is 404 g/mol. The van der Waals surface area contributed by atoms with Gasteiger partial charge in [-0.1, -0.05) is 0 Å². The second-order valence-electron chi connectivity index (χ2n) is 7.45. The molecule has 1 aliphatic heterocycles. The maximum atomic E-state index is 12.5. The molecule has 2 aliphatic rings. The second kappa shape index (κ2) is 13.6. The summed E-state index contributed by atoms with van der Waals surface area (Å²) in [5.41, 5.74) is 0.487. The zero-order valence-corrected chi connectivity index (χ0v) is 17.9. The van der Waals surface area contributed by atoms with Crippen LogP contribution in [0.2, 0.25) is 0 Å².